The number of rotatable bonds is 7. The van der Waals surface area contributed by atoms with Crippen molar-refractivity contribution in [2.24, 2.45) is 11.8 Å². The average molecular weight is 268 g/mol. The van der Waals surface area contributed by atoms with Gasteiger partial charge in [0.15, 0.2) is 0 Å². The summed E-state index contributed by atoms with van der Waals surface area (Å²) in [6, 6.07) is 0.742. The Labute approximate surface area is 121 Å². The number of nitrogens with one attached hydrogen (secondary N) is 1. The summed E-state index contributed by atoms with van der Waals surface area (Å²) in [6.45, 7) is 14.1. The molecule has 0 aliphatic heterocycles. The van der Waals surface area contributed by atoms with E-state index >= 15 is 0 Å². The molecule has 0 aromatic heterocycles. The summed E-state index contributed by atoms with van der Waals surface area (Å²) in [6.07, 6.45) is 6.63. The quantitative estimate of drug-likeness (QED) is 0.753. The molecule has 1 fully saturated rings. The van der Waals surface area contributed by atoms with Gasteiger partial charge in [0.05, 0.1) is 0 Å². The van der Waals surface area contributed by atoms with Gasteiger partial charge in [-0.1, -0.05) is 20.8 Å². The van der Waals surface area contributed by atoms with Crippen molar-refractivity contribution in [3.8, 4) is 0 Å². The first kappa shape index (κ1) is 17.0. The van der Waals surface area contributed by atoms with Gasteiger partial charge in [-0.25, -0.2) is 0 Å². The molecule has 3 atom stereocenters. The molecule has 3 unspecified atom stereocenters. The Morgan fingerprint density at radius 3 is 2.47 bits per heavy atom. The van der Waals surface area contributed by atoms with Crippen molar-refractivity contribution in [1.82, 2.24) is 10.2 Å². The second kappa shape index (κ2) is 7.64. The topological polar surface area (TPSA) is 15.3 Å². The molecule has 0 amide bonds. The molecule has 0 radical (unpaired) electrons. The Balaban J connectivity index is 2.59. The fourth-order valence-corrected chi connectivity index (χ4v) is 3.17. The third kappa shape index (κ3) is 5.07. The van der Waals surface area contributed by atoms with Gasteiger partial charge in [-0.15, -0.1) is 0 Å². The Hall–Kier alpha value is -0.0800. The number of hydrogen-bond donors (Lipinski definition) is 1. The fourth-order valence-electron chi connectivity index (χ4n) is 3.17. The van der Waals surface area contributed by atoms with Crippen molar-refractivity contribution >= 4 is 0 Å². The zero-order valence-electron chi connectivity index (χ0n) is 14.1. The van der Waals surface area contributed by atoms with Crippen molar-refractivity contribution in [2.45, 2.75) is 78.3 Å². The molecule has 2 heteroatoms. The minimum atomic E-state index is 0.329. The van der Waals surface area contributed by atoms with Crippen molar-refractivity contribution in [3.63, 3.8) is 0 Å². The number of hydrogen-bond acceptors (Lipinski definition) is 2. The summed E-state index contributed by atoms with van der Waals surface area (Å²) in [4.78, 5) is 2.58. The molecule has 1 aliphatic carbocycles. The van der Waals surface area contributed by atoms with Crippen LogP contribution in [0.1, 0.15) is 66.7 Å². The van der Waals surface area contributed by atoms with Crippen molar-refractivity contribution in [2.75, 3.05) is 20.1 Å². The van der Waals surface area contributed by atoms with Gasteiger partial charge in [0.25, 0.3) is 0 Å². The monoisotopic (exact) mass is 268 g/mol. The predicted molar refractivity (Wildman–Crippen MR) is 85.6 cm³/mol. The maximum atomic E-state index is 3.79. The van der Waals surface area contributed by atoms with E-state index in [9.17, 15) is 0 Å². The molecular weight excluding hydrogens is 232 g/mol. The fraction of sp³-hybridized carbons (Fsp3) is 1.00. The first-order valence-corrected chi connectivity index (χ1v) is 8.35. The van der Waals surface area contributed by atoms with Crippen LogP contribution in [0.3, 0.4) is 0 Å². The lowest BCUT2D eigenvalue weighted by Gasteiger charge is -2.42. The van der Waals surface area contributed by atoms with E-state index in [1.807, 2.05) is 0 Å². The second-order valence-electron chi connectivity index (χ2n) is 7.29. The molecular formula is C17H36N2. The highest BCUT2D eigenvalue weighted by Crippen LogP contribution is 2.31. The third-order valence-corrected chi connectivity index (χ3v) is 5.31. The normalized spacial score (nSPS) is 28.9. The molecule has 1 aliphatic rings. The molecule has 0 aromatic rings. The molecule has 0 heterocycles. The van der Waals surface area contributed by atoms with Crippen LogP contribution in [0.2, 0.25) is 0 Å². The Bertz CT molecular complexity index is 248. The van der Waals surface area contributed by atoms with Crippen LogP contribution >= 0.6 is 0 Å². The van der Waals surface area contributed by atoms with E-state index in [0.717, 1.165) is 17.9 Å². The highest BCUT2D eigenvalue weighted by atomic mass is 15.2. The minimum absolute atomic E-state index is 0.329. The van der Waals surface area contributed by atoms with E-state index < -0.39 is 0 Å². The lowest BCUT2D eigenvalue weighted by atomic mass is 9.78. The first-order valence-electron chi connectivity index (χ1n) is 8.35. The molecule has 19 heavy (non-hydrogen) atoms. The Kier molecular flexibility index (Phi) is 6.82. The van der Waals surface area contributed by atoms with Gasteiger partial charge in [0.2, 0.25) is 0 Å². The zero-order valence-corrected chi connectivity index (χ0v) is 14.1. The predicted octanol–water partition coefficient (Wildman–Crippen LogP) is 3.91. The third-order valence-electron chi connectivity index (χ3n) is 5.31. The Morgan fingerprint density at radius 1 is 1.21 bits per heavy atom. The molecule has 114 valence electrons. The van der Waals surface area contributed by atoms with E-state index in [2.05, 4.69) is 51.9 Å². The van der Waals surface area contributed by atoms with Crippen LogP contribution in [0.4, 0.5) is 0 Å². The van der Waals surface area contributed by atoms with Crippen LogP contribution in [0.15, 0.2) is 0 Å². The Morgan fingerprint density at radius 2 is 1.89 bits per heavy atom. The average Bonchev–Trinajstić information content (AvgIpc) is 2.37. The molecule has 0 bridgehead atoms. The summed E-state index contributed by atoms with van der Waals surface area (Å²) in [5, 5.41) is 3.79. The summed E-state index contributed by atoms with van der Waals surface area (Å²) in [7, 11) is 2.31. The molecule has 2 nitrogen and oxygen atoms in total. The molecule has 0 aromatic carbocycles. The van der Waals surface area contributed by atoms with Crippen LogP contribution < -0.4 is 5.32 Å². The summed E-state index contributed by atoms with van der Waals surface area (Å²) in [5.41, 5.74) is 0.329. The van der Waals surface area contributed by atoms with Gasteiger partial charge in [-0.05, 0) is 71.4 Å². The van der Waals surface area contributed by atoms with Crippen molar-refractivity contribution in [3.05, 3.63) is 0 Å². The van der Waals surface area contributed by atoms with E-state index in [4.69, 9.17) is 0 Å². The lowest BCUT2D eigenvalue weighted by Crippen LogP contribution is -2.49. The van der Waals surface area contributed by atoms with E-state index in [-0.39, 0.29) is 0 Å². The standard InChI is InChI=1S/C17H36N2/c1-7-11-18-16-10-9-14(3)12-15(16)13-19(6)17(4,5)8-2/h14-16,18H,7-13H2,1-6H3. The van der Waals surface area contributed by atoms with Gasteiger partial charge in [0, 0.05) is 18.1 Å². The maximum absolute atomic E-state index is 3.79. The number of nitrogens with zero attached hydrogens (tertiary/aromatic N) is 1. The maximum Gasteiger partial charge on any atom is 0.0147 e. The zero-order chi connectivity index (χ0) is 14.5. The van der Waals surface area contributed by atoms with Gasteiger partial charge < -0.3 is 10.2 Å². The van der Waals surface area contributed by atoms with Crippen LogP contribution in [0.5, 0.6) is 0 Å². The van der Waals surface area contributed by atoms with E-state index in [0.29, 0.717) is 5.54 Å². The molecule has 1 rings (SSSR count). The second-order valence-corrected chi connectivity index (χ2v) is 7.29. The van der Waals surface area contributed by atoms with Crippen LogP contribution in [-0.4, -0.2) is 36.6 Å². The van der Waals surface area contributed by atoms with Crippen LogP contribution in [0.25, 0.3) is 0 Å². The van der Waals surface area contributed by atoms with Gasteiger partial charge in [-0.3, -0.25) is 0 Å². The molecule has 1 N–H and O–H groups in total. The van der Waals surface area contributed by atoms with Crippen LogP contribution in [-0.2, 0) is 0 Å². The van der Waals surface area contributed by atoms with E-state index in [1.165, 1.54) is 45.2 Å². The highest BCUT2D eigenvalue weighted by molar-refractivity contribution is 4.88. The smallest absolute Gasteiger partial charge is 0.0147 e. The SMILES string of the molecule is CCCNC1CCC(C)CC1CN(C)C(C)(C)CC. The van der Waals surface area contributed by atoms with Gasteiger partial charge >= 0.3 is 0 Å². The van der Waals surface area contributed by atoms with Gasteiger partial charge in [0.1, 0.15) is 0 Å². The van der Waals surface area contributed by atoms with Crippen molar-refractivity contribution in [1.29, 1.82) is 0 Å². The van der Waals surface area contributed by atoms with E-state index in [1.54, 1.807) is 0 Å². The van der Waals surface area contributed by atoms with Gasteiger partial charge in [-0.2, -0.15) is 0 Å². The molecule has 0 saturated heterocycles. The molecule has 0 spiro atoms. The largest absolute Gasteiger partial charge is 0.314 e. The summed E-state index contributed by atoms with van der Waals surface area (Å²) in [5.74, 6) is 1.73. The summed E-state index contributed by atoms with van der Waals surface area (Å²) < 4.78 is 0. The van der Waals surface area contributed by atoms with Crippen LogP contribution in [0, 0.1) is 11.8 Å². The molecule has 1 saturated carbocycles. The highest BCUT2D eigenvalue weighted by Gasteiger charge is 2.31. The summed E-state index contributed by atoms with van der Waals surface area (Å²) >= 11 is 0. The first-order chi connectivity index (χ1) is 8.90. The minimum Gasteiger partial charge on any atom is -0.314 e. The lowest BCUT2D eigenvalue weighted by molar-refractivity contribution is 0.0903. The van der Waals surface area contributed by atoms with Crippen molar-refractivity contribution < 1.29 is 0 Å².